The number of hydrogen-bond donors (Lipinski definition) is 2. The first kappa shape index (κ1) is 20.5. The van der Waals surface area contributed by atoms with Crippen LogP contribution in [0.15, 0.2) is 12.3 Å². The summed E-state index contributed by atoms with van der Waals surface area (Å²) in [5.41, 5.74) is 1.26. The number of amides is 1. The zero-order chi connectivity index (χ0) is 18.9. The van der Waals surface area contributed by atoms with Crippen LogP contribution in [0, 0.1) is 5.92 Å². The van der Waals surface area contributed by atoms with Crippen molar-refractivity contribution in [3.8, 4) is 0 Å². The highest BCUT2D eigenvalue weighted by Crippen LogP contribution is 2.29. The molecule has 0 radical (unpaired) electrons. The quantitative estimate of drug-likeness (QED) is 0.658. The Labute approximate surface area is 156 Å². The van der Waals surface area contributed by atoms with Crippen molar-refractivity contribution in [2.45, 2.75) is 58.8 Å². The summed E-state index contributed by atoms with van der Waals surface area (Å²) in [6, 6.07) is 2.02. The number of aromatic nitrogens is 1. The Balaban J connectivity index is 1.74. The lowest BCUT2D eigenvalue weighted by Gasteiger charge is -2.32. The highest BCUT2D eigenvalue weighted by molar-refractivity contribution is 5.91. The molecule has 1 aromatic heterocycles. The third-order valence-electron chi connectivity index (χ3n) is 4.69. The Hall–Kier alpha value is -1.82. The number of rotatable bonds is 9. The second-order valence-electron chi connectivity index (χ2n) is 7.58. The predicted octanol–water partition coefficient (Wildman–Crippen LogP) is 3.52. The van der Waals surface area contributed by atoms with Crippen LogP contribution in [0.5, 0.6) is 0 Å². The Morgan fingerprint density at radius 3 is 2.69 bits per heavy atom. The fourth-order valence-corrected chi connectivity index (χ4v) is 3.40. The summed E-state index contributed by atoms with van der Waals surface area (Å²) in [7, 11) is 0. The van der Waals surface area contributed by atoms with Crippen LogP contribution in [0.1, 0.15) is 64.4 Å². The van der Waals surface area contributed by atoms with E-state index in [9.17, 15) is 9.59 Å². The van der Waals surface area contributed by atoms with E-state index in [0.717, 1.165) is 32.4 Å². The first-order valence-electron chi connectivity index (χ1n) is 9.84. The van der Waals surface area contributed by atoms with Gasteiger partial charge in [-0.25, -0.2) is 0 Å². The van der Waals surface area contributed by atoms with Gasteiger partial charge in [0.1, 0.15) is 5.82 Å². The van der Waals surface area contributed by atoms with Crippen molar-refractivity contribution in [2.75, 3.05) is 31.6 Å². The highest BCUT2D eigenvalue weighted by atomic mass is 16.5. The van der Waals surface area contributed by atoms with Crippen LogP contribution in [-0.2, 0) is 14.3 Å². The molecule has 2 N–H and O–H groups in total. The van der Waals surface area contributed by atoms with Gasteiger partial charge in [0.15, 0.2) is 0 Å². The van der Waals surface area contributed by atoms with Crippen molar-refractivity contribution in [3.05, 3.63) is 17.8 Å². The van der Waals surface area contributed by atoms with Crippen LogP contribution < -0.4 is 5.32 Å². The molecule has 0 unspecified atom stereocenters. The first-order chi connectivity index (χ1) is 12.5. The number of anilines is 1. The fraction of sp³-hybridized carbons (Fsp3) is 0.700. The molecule has 146 valence electrons. The van der Waals surface area contributed by atoms with Gasteiger partial charge in [-0.1, -0.05) is 20.8 Å². The minimum absolute atomic E-state index is 0.119. The number of hydrogen-bond acceptors (Lipinski definition) is 4. The van der Waals surface area contributed by atoms with E-state index in [1.165, 1.54) is 12.1 Å². The smallest absolute Gasteiger partial charge is 0.306 e. The van der Waals surface area contributed by atoms with E-state index >= 15 is 0 Å². The average Bonchev–Trinajstić information content (AvgIpc) is 3.06. The third-order valence-corrected chi connectivity index (χ3v) is 4.69. The Kier molecular flexibility index (Phi) is 8.16. The van der Waals surface area contributed by atoms with Gasteiger partial charge in [0, 0.05) is 19.2 Å². The monoisotopic (exact) mass is 363 g/mol. The predicted molar refractivity (Wildman–Crippen MR) is 103 cm³/mol. The zero-order valence-electron chi connectivity index (χ0n) is 16.3. The zero-order valence-corrected chi connectivity index (χ0v) is 16.3. The largest absolute Gasteiger partial charge is 0.466 e. The third kappa shape index (κ3) is 6.83. The summed E-state index contributed by atoms with van der Waals surface area (Å²) in [4.78, 5) is 29.1. The van der Waals surface area contributed by atoms with E-state index in [-0.39, 0.29) is 24.7 Å². The van der Waals surface area contributed by atoms with E-state index in [1.54, 1.807) is 0 Å². The van der Waals surface area contributed by atoms with Gasteiger partial charge in [-0.05, 0) is 55.8 Å². The minimum atomic E-state index is -0.317. The Morgan fingerprint density at radius 2 is 2.04 bits per heavy atom. The summed E-state index contributed by atoms with van der Waals surface area (Å²) in [5.74, 6) is 1.47. The number of likely N-dealkylation sites (tertiary alicyclic amines) is 1. The maximum absolute atomic E-state index is 12.0. The molecule has 0 atom stereocenters. The average molecular weight is 364 g/mol. The van der Waals surface area contributed by atoms with Crippen molar-refractivity contribution in [1.82, 2.24) is 9.88 Å². The van der Waals surface area contributed by atoms with Gasteiger partial charge in [0.05, 0.1) is 13.0 Å². The molecular weight excluding hydrogens is 330 g/mol. The molecule has 2 rings (SSSR count). The van der Waals surface area contributed by atoms with Gasteiger partial charge in [0.25, 0.3) is 0 Å². The van der Waals surface area contributed by atoms with E-state index in [1.807, 2.05) is 19.2 Å². The van der Waals surface area contributed by atoms with Gasteiger partial charge in [-0.3, -0.25) is 9.59 Å². The molecule has 1 fully saturated rings. The van der Waals surface area contributed by atoms with Gasteiger partial charge < -0.3 is 19.9 Å². The number of esters is 1. The summed E-state index contributed by atoms with van der Waals surface area (Å²) in [5, 5.41) is 2.84. The van der Waals surface area contributed by atoms with Crippen molar-refractivity contribution >= 4 is 17.7 Å². The maximum atomic E-state index is 12.0. The molecule has 6 nitrogen and oxygen atoms in total. The summed E-state index contributed by atoms with van der Waals surface area (Å²) < 4.78 is 4.98. The van der Waals surface area contributed by atoms with Crippen LogP contribution in [-0.4, -0.2) is 48.0 Å². The number of aromatic amines is 1. The van der Waals surface area contributed by atoms with Crippen molar-refractivity contribution in [1.29, 1.82) is 0 Å². The van der Waals surface area contributed by atoms with Gasteiger partial charge >= 0.3 is 5.97 Å². The molecule has 6 heteroatoms. The molecule has 0 saturated carbocycles. The topological polar surface area (TPSA) is 74.4 Å². The fourth-order valence-electron chi connectivity index (χ4n) is 3.40. The Morgan fingerprint density at radius 1 is 1.31 bits per heavy atom. The number of piperidine rings is 1. The van der Waals surface area contributed by atoms with Gasteiger partial charge in [-0.2, -0.15) is 0 Å². The van der Waals surface area contributed by atoms with Gasteiger partial charge in [-0.15, -0.1) is 0 Å². The van der Waals surface area contributed by atoms with Crippen LogP contribution in [0.2, 0.25) is 0 Å². The lowest BCUT2D eigenvalue weighted by atomic mass is 9.91. The van der Waals surface area contributed by atoms with Crippen molar-refractivity contribution < 1.29 is 14.3 Å². The molecule has 1 amide bonds. The first-order valence-corrected chi connectivity index (χ1v) is 9.84. The van der Waals surface area contributed by atoms with E-state index in [2.05, 4.69) is 29.0 Å². The van der Waals surface area contributed by atoms with Gasteiger partial charge in [0.2, 0.25) is 5.91 Å². The molecule has 26 heavy (non-hydrogen) atoms. The SMILES string of the molecule is CCCOC(=O)CCC(=O)Nc1cc(C2CCN(CC(C)C)CC2)c[nH]1. The minimum Gasteiger partial charge on any atom is -0.466 e. The second kappa shape index (κ2) is 10.4. The molecule has 0 aliphatic carbocycles. The lowest BCUT2D eigenvalue weighted by molar-refractivity contribution is -0.144. The molecule has 0 aromatic carbocycles. The number of nitrogens with one attached hydrogen (secondary N) is 2. The molecule has 1 aliphatic rings. The van der Waals surface area contributed by atoms with Crippen molar-refractivity contribution in [2.24, 2.45) is 5.92 Å². The summed E-state index contributed by atoms with van der Waals surface area (Å²) >= 11 is 0. The highest BCUT2D eigenvalue weighted by Gasteiger charge is 2.22. The van der Waals surface area contributed by atoms with Crippen LogP contribution in [0.3, 0.4) is 0 Å². The second-order valence-corrected chi connectivity index (χ2v) is 7.58. The standard InChI is InChI=1S/C20H33N3O3/c1-4-11-26-20(25)6-5-19(24)22-18-12-17(13-21-18)16-7-9-23(10-8-16)14-15(2)3/h12-13,15-16,21H,4-11,14H2,1-3H3,(H,22,24). The maximum Gasteiger partial charge on any atom is 0.306 e. The lowest BCUT2D eigenvalue weighted by Crippen LogP contribution is -2.35. The van der Waals surface area contributed by atoms with E-state index < -0.39 is 0 Å². The molecular formula is C20H33N3O3. The van der Waals surface area contributed by atoms with Crippen molar-refractivity contribution in [3.63, 3.8) is 0 Å². The number of H-pyrrole nitrogens is 1. The normalized spacial score (nSPS) is 16.0. The molecule has 0 bridgehead atoms. The number of carbonyl (C=O) groups is 2. The molecule has 2 heterocycles. The van der Waals surface area contributed by atoms with E-state index in [4.69, 9.17) is 4.74 Å². The van der Waals surface area contributed by atoms with E-state index in [0.29, 0.717) is 24.3 Å². The molecule has 1 aromatic rings. The molecule has 0 spiro atoms. The Bertz CT molecular complexity index is 575. The number of nitrogens with zero attached hydrogens (tertiary/aromatic N) is 1. The van der Waals surface area contributed by atoms with Crippen LogP contribution in [0.25, 0.3) is 0 Å². The summed E-state index contributed by atoms with van der Waals surface area (Å²) in [6.07, 6.45) is 5.36. The summed E-state index contributed by atoms with van der Waals surface area (Å²) in [6.45, 7) is 10.3. The molecule has 1 saturated heterocycles. The number of carbonyl (C=O) groups excluding carboxylic acids is 2. The van der Waals surface area contributed by atoms with Crippen LogP contribution in [0.4, 0.5) is 5.82 Å². The molecule has 1 aliphatic heterocycles. The van der Waals surface area contributed by atoms with Crippen LogP contribution >= 0.6 is 0 Å². The number of ether oxygens (including phenoxy) is 1.